The molecule has 0 spiro atoms. The summed E-state index contributed by atoms with van der Waals surface area (Å²) < 4.78 is 50.0. The first-order valence-corrected chi connectivity index (χ1v) is 23.4. The standard InChI is InChI=1S/C6H2Cl2N2.C6H5F2N3.C6H2F2N2.C5H2Cl3N.C5H4Cl2NO.C5H3Cl2N.C4H9NSi.CN.Cu.FH.K.H2O2/c7-4-1-5(8)6(2-9)10-3-4;7-3-1-4(8)5(6(9)10)11-2-3;7-4-1-5(8)6(2-9)10-3-4;6-3-1-4(7)5(8)9-2-3;6-4-1-5(7)3-8(9)2-4;6-4-1-5(7)3-8-2-4;1-6(2,3)4-5;1-2;;;;1-2/h1,3H;1-2H,(H3,9,10);1,3H;1-2H;1-3,9H;1-3H;1-3H3;;;1H;;1-2H/q;;;;+1;;;-1;+1;;+1;/p-1. The fraction of sp³-hybridized carbons (Fsp3) is 0.0789. The minimum Gasteiger partial charge on any atom is -1.00 e. The Morgan fingerprint density at radius 1 is 0.629 bits per heavy atom. The Bertz CT molecular complexity index is 2530. The number of nitrogens with zero attached hydrogens (tertiary/aromatic N) is 10. The van der Waals surface area contributed by atoms with Crippen molar-refractivity contribution in [1.82, 2.24) is 24.9 Å². The second-order valence-electron chi connectivity index (χ2n) is 11.8. The number of nitrogens with two attached hydrogens (primary N) is 1. The van der Waals surface area contributed by atoms with Gasteiger partial charge in [-0.2, -0.15) is 10.5 Å². The fourth-order valence-electron chi connectivity index (χ4n) is 2.89. The van der Waals surface area contributed by atoms with E-state index >= 15 is 0 Å². The predicted molar refractivity (Wildman–Crippen MR) is 250 cm³/mol. The van der Waals surface area contributed by atoms with Gasteiger partial charge in [-0.05, 0) is 24.3 Å². The molecule has 6 heterocycles. The first-order chi connectivity index (χ1) is 31.3. The molecule has 0 radical (unpaired) electrons. The van der Waals surface area contributed by atoms with Gasteiger partial charge in [0.25, 0.3) is 0 Å². The normalized spacial score (nSPS) is 8.59. The van der Waals surface area contributed by atoms with Crippen molar-refractivity contribution in [3.8, 4) is 17.8 Å². The van der Waals surface area contributed by atoms with Gasteiger partial charge < -0.3 is 22.3 Å². The van der Waals surface area contributed by atoms with Crippen LogP contribution in [0.3, 0.4) is 0 Å². The van der Waals surface area contributed by atoms with Gasteiger partial charge in [0.15, 0.2) is 31.1 Å². The van der Waals surface area contributed by atoms with Crippen LogP contribution < -0.4 is 66.6 Å². The van der Waals surface area contributed by atoms with Crippen molar-refractivity contribution in [3.05, 3.63) is 178 Å². The zero-order chi connectivity index (χ0) is 52.4. The summed E-state index contributed by atoms with van der Waals surface area (Å²) in [6, 6.07) is 10.7. The largest absolute Gasteiger partial charge is 1.00 e. The molecule has 0 aliphatic heterocycles. The molecule has 0 aliphatic rings. The molecule has 0 fully saturated rings. The van der Waals surface area contributed by atoms with E-state index in [0.29, 0.717) is 47.3 Å². The fourth-order valence-corrected chi connectivity index (χ4v) is 4.69. The van der Waals surface area contributed by atoms with E-state index in [4.69, 9.17) is 159 Å². The summed E-state index contributed by atoms with van der Waals surface area (Å²) in [5.41, 5.74) is 6.65. The Morgan fingerprint density at radius 3 is 1.31 bits per heavy atom. The number of amidine groups is 1. The summed E-state index contributed by atoms with van der Waals surface area (Å²) in [5, 5.41) is 62.3. The van der Waals surface area contributed by atoms with Crippen molar-refractivity contribution in [2.45, 2.75) is 19.6 Å². The molecule has 15 nitrogen and oxygen atoms in total. The van der Waals surface area contributed by atoms with E-state index in [0.717, 1.165) is 17.1 Å². The van der Waals surface area contributed by atoms with E-state index < -0.39 is 37.2 Å². The molecule has 6 aromatic rings. The number of nitriles is 3. The smallest absolute Gasteiger partial charge is 1.00 e. The molecule has 6 N–H and O–H groups in total. The third kappa shape index (κ3) is 39.3. The number of nitrogens with one attached hydrogen (secondary N) is 1. The number of aromatic nitrogens is 6. The van der Waals surface area contributed by atoms with Crippen molar-refractivity contribution >= 4 is 118 Å². The zero-order valence-corrected chi connectivity index (χ0v) is 47.4. The van der Waals surface area contributed by atoms with Gasteiger partial charge in [-0.1, -0.05) is 124 Å². The predicted octanol–water partition coefficient (Wildman–Crippen LogP) is 6.59. The van der Waals surface area contributed by atoms with Gasteiger partial charge in [0, 0.05) is 47.3 Å². The van der Waals surface area contributed by atoms with Crippen LogP contribution in [0.1, 0.15) is 17.1 Å². The van der Waals surface area contributed by atoms with Gasteiger partial charge in [-0.15, -0.1) is 0 Å². The van der Waals surface area contributed by atoms with Crippen molar-refractivity contribution in [2.24, 2.45) is 5.73 Å². The minimum atomic E-state index is -1.33. The molecule has 70 heavy (non-hydrogen) atoms. The number of pyridine rings is 6. The number of hydrogen-bond acceptors (Lipinski definition) is 13. The summed E-state index contributed by atoms with van der Waals surface area (Å²) in [6.45, 7) is 10.8. The molecular weight excluding hydrogens is 1220 g/mol. The summed E-state index contributed by atoms with van der Waals surface area (Å²) >= 11 is 49.6. The molecule has 6 aromatic heterocycles. The van der Waals surface area contributed by atoms with Gasteiger partial charge in [-0.3, -0.25) is 26.1 Å². The van der Waals surface area contributed by atoms with E-state index in [1.165, 1.54) is 55.4 Å². The van der Waals surface area contributed by atoms with Crippen LogP contribution >= 0.6 is 104 Å². The van der Waals surface area contributed by atoms with Crippen molar-refractivity contribution < 1.29 is 111 Å². The molecule has 0 atom stereocenters. The van der Waals surface area contributed by atoms with Crippen molar-refractivity contribution in [2.75, 3.05) is 0 Å². The SMILES string of the molecule is C[Si](C)(C)C#N.Clc1cnc(Cl)c(Cl)c1.Clc1cncc(Cl)c1.N#Cc1ncc(Cl)cc1Cl.N#Cc1ncc(F)cc1F.N=C(N)c1ncc(F)cc1F.OO.O[n+]1cc(Cl)cc(Cl)c1.[C-]#N.[Cu+].[F-].[K+]. The molecule has 0 aromatic carbocycles. The molecule has 0 saturated heterocycles. The Labute approximate surface area is 496 Å². The number of halogens is 14. The van der Waals surface area contributed by atoms with Gasteiger partial charge in [0.05, 0.1) is 42.5 Å². The minimum absolute atomic E-state index is 0. The molecule has 0 bridgehead atoms. The Kier molecular flexibility index (Phi) is 49.5. The van der Waals surface area contributed by atoms with Crippen LogP contribution in [-0.4, -0.2) is 54.6 Å². The monoisotopic (exact) mass is 1240 g/mol. The van der Waals surface area contributed by atoms with Gasteiger partial charge in [-0.25, -0.2) is 42.8 Å². The van der Waals surface area contributed by atoms with Crippen molar-refractivity contribution in [3.63, 3.8) is 0 Å². The van der Waals surface area contributed by atoms with Crippen molar-refractivity contribution in [1.29, 1.82) is 26.5 Å². The zero-order valence-electron chi connectivity index (χ0n) is 35.6. The molecule has 0 unspecified atom stereocenters. The molecule has 0 amide bonds. The average molecular weight is 1250 g/mol. The van der Waals surface area contributed by atoms with Gasteiger partial charge in [0.1, 0.15) is 50.5 Å². The molecule has 32 heteroatoms. The number of rotatable bonds is 1. The average Bonchev–Trinajstić information content (AvgIpc) is 3.24. The van der Waals surface area contributed by atoms with Gasteiger partial charge >= 0.3 is 68.5 Å². The van der Waals surface area contributed by atoms with Crippen LogP contribution in [0.4, 0.5) is 17.6 Å². The summed E-state index contributed by atoms with van der Waals surface area (Å²) in [7, 11) is -1.33. The topological polar surface area (TPSA) is 274 Å². The van der Waals surface area contributed by atoms with Crippen LogP contribution in [0.5, 0.6) is 0 Å². The quantitative estimate of drug-likeness (QED) is 0.0111. The van der Waals surface area contributed by atoms with Crippen LogP contribution in [0.25, 0.3) is 0 Å². The number of nitrogen functional groups attached to an aromatic ring is 1. The van der Waals surface area contributed by atoms with Crippen LogP contribution in [-0.2, 0) is 17.1 Å². The third-order valence-corrected chi connectivity index (χ3v) is 8.33. The Balaban J connectivity index is -0.000000168. The molecular formula is C38H29Cl9CuF5KN12O3Si+. The second kappa shape index (κ2) is 44.4. The van der Waals surface area contributed by atoms with E-state index in [9.17, 15) is 17.6 Å². The molecule has 0 aliphatic carbocycles. The molecule has 0 saturated carbocycles. The Hall–Kier alpha value is -3.32. The van der Waals surface area contributed by atoms with Gasteiger partial charge in [0.2, 0.25) is 12.4 Å². The molecule has 372 valence electrons. The maximum Gasteiger partial charge on any atom is 1.00 e. The van der Waals surface area contributed by atoms with Crippen LogP contribution in [0, 0.1) is 74.1 Å². The van der Waals surface area contributed by atoms with E-state index in [2.05, 4.69) is 30.6 Å². The summed E-state index contributed by atoms with van der Waals surface area (Å²) in [6.07, 6.45) is 10.2. The van der Waals surface area contributed by atoms with Crippen LogP contribution in [0.15, 0.2) is 86.0 Å². The third-order valence-electron chi connectivity index (χ3n) is 5.45. The first kappa shape index (κ1) is 78.1. The van der Waals surface area contributed by atoms with Crippen LogP contribution in [0.2, 0.25) is 65.0 Å². The summed E-state index contributed by atoms with van der Waals surface area (Å²) in [5.74, 6) is -3.92. The molecule has 6 rings (SSSR count). The maximum atomic E-state index is 12.6. The van der Waals surface area contributed by atoms with E-state index in [1.54, 1.807) is 12.1 Å². The second-order valence-corrected chi connectivity index (χ2v) is 20.3. The van der Waals surface area contributed by atoms with E-state index in [1.807, 2.05) is 25.7 Å². The summed E-state index contributed by atoms with van der Waals surface area (Å²) in [4.78, 5) is 17.5. The maximum absolute atomic E-state index is 12.6. The first-order valence-electron chi connectivity index (χ1n) is 16.5. The van der Waals surface area contributed by atoms with E-state index in [-0.39, 0.29) is 100 Å². The Morgan fingerprint density at radius 2 is 1.00 bits per heavy atom. The number of hydrogen-bond donors (Lipinski definition) is 5.